The van der Waals surface area contributed by atoms with Crippen LogP contribution in [0.25, 0.3) is 0 Å². The second-order valence-corrected chi connectivity index (χ2v) is 3.46. The van der Waals surface area contributed by atoms with E-state index in [9.17, 15) is 5.11 Å². The van der Waals surface area contributed by atoms with Crippen LogP contribution in [0.3, 0.4) is 0 Å². The zero-order chi connectivity index (χ0) is 8.91. The fourth-order valence-corrected chi connectivity index (χ4v) is 0.633. The van der Waals surface area contributed by atoms with E-state index >= 15 is 0 Å². The predicted octanol–water partition coefficient (Wildman–Crippen LogP) is 0.649. The molecular formula is C8H16N2O. The first kappa shape index (κ1) is 10.4. The van der Waals surface area contributed by atoms with E-state index in [1.54, 1.807) is 13.8 Å². The lowest BCUT2D eigenvalue weighted by atomic mass is 10.1. The van der Waals surface area contributed by atoms with E-state index < -0.39 is 5.60 Å². The van der Waals surface area contributed by atoms with Crippen molar-refractivity contribution >= 4 is 0 Å². The fourth-order valence-electron chi connectivity index (χ4n) is 0.633. The SMILES string of the molecule is CC(CC#N)NCC(C)(C)O. The molecule has 0 aromatic carbocycles. The Kier molecular flexibility index (Phi) is 4.09. The number of hydrogen-bond acceptors (Lipinski definition) is 3. The van der Waals surface area contributed by atoms with Crippen LogP contribution < -0.4 is 5.32 Å². The second kappa shape index (κ2) is 4.32. The summed E-state index contributed by atoms with van der Waals surface area (Å²) >= 11 is 0. The Balaban J connectivity index is 3.48. The number of nitrogens with one attached hydrogen (secondary N) is 1. The van der Waals surface area contributed by atoms with Crippen molar-refractivity contribution in [2.45, 2.75) is 38.8 Å². The van der Waals surface area contributed by atoms with Crippen molar-refractivity contribution < 1.29 is 5.11 Å². The zero-order valence-electron chi connectivity index (χ0n) is 7.39. The van der Waals surface area contributed by atoms with Gasteiger partial charge in [-0.1, -0.05) is 0 Å². The van der Waals surface area contributed by atoms with Gasteiger partial charge in [0.15, 0.2) is 0 Å². The first-order valence-electron chi connectivity index (χ1n) is 3.78. The van der Waals surface area contributed by atoms with E-state index in [1.807, 2.05) is 6.92 Å². The summed E-state index contributed by atoms with van der Waals surface area (Å²) in [5.41, 5.74) is -0.691. The predicted molar refractivity (Wildman–Crippen MR) is 44.0 cm³/mol. The Morgan fingerprint density at radius 3 is 2.55 bits per heavy atom. The van der Waals surface area contributed by atoms with Gasteiger partial charge < -0.3 is 10.4 Å². The van der Waals surface area contributed by atoms with Gasteiger partial charge in [-0.3, -0.25) is 0 Å². The molecule has 2 N–H and O–H groups in total. The molecular weight excluding hydrogens is 140 g/mol. The lowest BCUT2D eigenvalue weighted by Crippen LogP contribution is -2.39. The van der Waals surface area contributed by atoms with Crippen molar-refractivity contribution in [2.75, 3.05) is 6.54 Å². The molecule has 0 spiro atoms. The summed E-state index contributed by atoms with van der Waals surface area (Å²) in [6.07, 6.45) is 0.482. The Morgan fingerprint density at radius 2 is 2.18 bits per heavy atom. The summed E-state index contributed by atoms with van der Waals surface area (Å²) in [6, 6.07) is 2.22. The first-order valence-corrected chi connectivity index (χ1v) is 3.78. The van der Waals surface area contributed by atoms with Gasteiger partial charge in [0.2, 0.25) is 0 Å². The van der Waals surface area contributed by atoms with Gasteiger partial charge in [0.1, 0.15) is 0 Å². The van der Waals surface area contributed by atoms with E-state index in [0.29, 0.717) is 13.0 Å². The van der Waals surface area contributed by atoms with Gasteiger partial charge in [0.05, 0.1) is 18.1 Å². The summed E-state index contributed by atoms with van der Waals surface area (Å²) in [6.45, 7) is 5.92. The molecule has 0 radical (unpaired) electrons. The Morgan fingerprint density at radius 1 is 1.64 bits per heavy atom. The van der Waals surface area contributed by atoms with Crippen LogP contribution in [0.1, 0.15) is 27.2 Å². The van der Waals surface area contributed by atoms with Crippen LogP contribution in [0, 0.1) is 11.3 Å². The third kappa shape index (κ3) is 7.31. The van der Waals surface area contributed by atoms with Gasteiger partial charge >= 0.3 is 0 Å². The van der Waals surface area contributed by atoms with Crippen LogP contribution in [-0.2, 0) is 0 Å². The normalized spacial score (nSPS) is 14.1. The summed E-state index contributed by atoms with van der Waals surface area (Å²) in [5.74, 6) is 0. The summed E-state index contributed by atoms with van der Waals surface area (Å²) in [7, 11) is 0. The Bertz CT molecular complexity index is 143. The van der Waals surface area contributed by atoms with Gasteiger partial charge in [-0.2, -0.15) is 5.26 Å². The summed E-state index contributed by atoms with van der Waals surface area (Å²) < 4.78 is 0. The molecule has 3 nitrogen and oxygen atoms in total. The molecule has 1 unspecified atom stereocenters. The quantitative estimate of drug-likeness (QED) is 0.628. The molecule has 0 saturated carbocycles. The summed E-state index contributed by atoms with van der Waals surface area (Å²) in [4.78, 5) is 0. The van der Waals surface area contributed by atoms with Crippen molar-refractivity contribution in [3.63, 3.8) is 0 Å². The van der Waals surface area contributed by atoms with E-state index in [4.69, 9.17) is 5.26 Å². The van der Waals surface area contributed by atoms with Crippen LogP contribution in [0.2, 0.25) is 0 Å². The molecule has 1 atom stereocenters. The molecule has 0 fully saturated rings. The molecule has 0 aromatic heterocycles. The van der Waals surface area contributed by atoms with Crippen molar-refractivity contribution in [2.24, 2.45) is 0 Å². The molecule has 0 aliphatic heterocycles. The second-order valence-electron chi connectivity index (χ2n) is 3.46. The standard InChI is InChI=1S/C8H16N2O/c1-7(4-5-9)10-6-8(2,3)11/h7,10-11H,4,6H2,1-3H3. The molecule has 0 aliphatic rings. The number of nitriles is 1. The van der Waals surface area contributed by atoms with Crippen molar-refractivity contribution in [1.82, 2.24) is 5.32 Å². The van der Waals surface area contributed by atoms with E-state index in [0.717, 1.165) is 0 Å². The van der Waals surface area contributed by atoms with Crippen LogP contribution in [0.4, 0.5) is 0 Å². The number of nitrogens with zero attached hydrogens (tertiary/aromatic N) is 1. The molecule has 64 valence electrons. The fraction of sp³-hybridized carbons (Fsp3) is 0.875. The highest BCUT2D eigenvalue weighted by atomic mass is 16.3. The highest BCUT2D eigenvalue weighted by Crippen LogP contribution is 1.99. The molecule has 0 amide bonds. The zero-order valence-corrected chi connectivity index (χ0v) is 7.39. The minimum atomic E-state index is -0.691. The van der Waals surface area contributed by atoms with E-state index in [-0.39, 0.29) is 6.04 Å². The van der Waals surface area contributed by atoms with Crippen molar-refractivity contribution in [3.8, 4) is 6.07 Å². The third-order valence-corrected chi connectivity index (χ3v) is 1.28. The smallest absolute Gasteiger partial charge is 0.0715 e. The topological polar surface area (TPSA) is 56.0 Å². The lowest BCUT2D eigenvalue weighted by molar-refractivity contribution is 0.0772. The van der Waals surface area contributed by atoms with Crippen LogP contribution >= 0.6 is 0 Å². The van der Waals surface area contributed by atoms with Crippen LogP contribution in [-0.4, -0.2) is 23.3 Å². The molecule has 0 bridgehead atoms. The van der Waals surface area contributed by atoms with Gasteiger partial charge in [-0.05, 0) is 20.8 Å². The van der Waals surface area contributed by atoms with Crippen molar-refractivity contribution in [3.05, 3.63) is 0 Å². The number of hydrogen-bond donors (Lipinski definition) is 2. The molecule has 0 aromatic rings. The average molecular weight is 156 g/mol. The first-order chi connectivity index (χ1) is 4.95. The maximum absolute atomic E-state index is 9.29. The largest absolute Gasteiger partial charge is 0.389 e. The number of rotatable bonds is 4. The molecule has 3 heteroatoms. The monoisotopic (exact) mass is 156 g/mol. The molecule has 0 heterocycles. The highest BCUT2D eigenvalue weighted by Gasteiger charge is 2.12. The Labute approximate surface area is 68.0 Å². The van der Waals surface area contributed by atoms with E-state index in [1.165, 1.54) is 0 Å². The maximum atomic E-state index is 9.29. The van der Waals surface area contributed by atoms with Gasteiger partial charge in [0, 0.05) is 12.6 Å². The minimum absolute atomic E-state index is 0.159. The lowest BCUT2D eigenvalue weighted by Gasteiger charge is -2.20. The highest BCUT2D eigenvalue weighted by molar-refractivity contribution is 4.79. The van der Waals surface area contributed by atoms with Gasteiger partial charge in [-0.15, -0.1) is 0 Å². The van der Waals surface area contributed by atoms with Crippen molar-refractivity contribution in [1.29, 1.82) is 5.26 Å². The average Bonchev–Trinajstić information content (AvgIpc) is 1.83. The minimum Gasteiger partial charge on any atom is -0.389 e. The maximum Gasteiger partial charge on any atom is 0.0715 e. The molecule has 0 aliphatic carbocycles. The Hall–Kier alpha value is -0.590. The van der Waals surface area contributed by atoms with Gasteiger partial charge in [0.25, 0.3) is 0 Å². The third-order valence-electron chi connectivity index (χ3n) is 1.28. The molecule has 0 rings (SSSR count). The van der Waals surface area contributed by atoms with Gasteiger partial charge in [-0.25, -0.2) is 0 Å². The molecule has 11 heavy (non-hydrogen) atoms. The number of aliphatic hydroxyl groups is 1. The van der Waals surface area contributed by atoms with Crippen LogP contribution in [0.15, 0.2) is 0 Å². The van der Waals surface area contributed by atoms with Crippen LogP contribution in [0.5, 0.6) is 0 Å². The molecule has 0 saturated heterocycles. The van der Waals surface area contributed by atoms with E-state index in [2.05, 4.69) is 11.4 Å². The summed E-state index contributed by atoms with van der Waals surface area (Å²) in [5, 5.41) is 20.7.